The lowest BCUT2D eigenvalue weighted by Crippen LogP contribution is -2.99. The first kappa shape index (κ1) is 19.1. The number of benzene rings is 3. The van der Waals surface area contributed by atoms with E-state index in [4.69, 9.17) is 18.6 Å². The molecular weight excluding hydrogens is 370 g/mol. The molecule has 0 saturated heterocycles. The minimum absolute atomic E-state index is 0.331. The van der Waals surface area contributed by atoms with Crippen LogP contribution in [0, 0.1) is 10.2 Å². The monoisotopic (exact) mass is 385 g/mol. The maximum Gasteiger partial charge on any atom is 0.298 e. The van der Waals surface area contributed by atoms with Crippen molar-refractivity contribution in [2.24, 2.45) is 0 Å². The highest BCUT2D eigenvalue weighted by Crippen LogP contribution is 2.21. The van der Waals surface area contributed by atoms with E-state index >= 15 is 0 Å². The maximum absolute atomic E-state index is 10.2. The third-order valence-electron chi connectivity index (χ3n) is 4.07. The van der Waals surface area contributed by atoms with Crippen LogP contribution in [0.5, 0.6) is 0 Å². The summed E-state index contributed by atoms with van der Waals surface area (Å²) in [5, 5.41) is 12.6. The molecule has 0 saturated carbocycles. The number of halogens is 1. The molecule has 27 heavy (non-hydrogen) atoms. The standard InChI is InChI=1S/C20H15NO.ClHO4/c22-20-14-17-7-2-4-11-19(17)21(20)13-12-16-9-5-8-15-6-1-3-10-18(15)16;2-1(3,4)5/h1-14,22H;(H,2,3,4,5). The van der Waals surface area contributed by atoms with Gasteiger partial charge in [0.25, 0.3) is 5.88 Å². The van der Waals surface area contributed by atoms with Crippen molar-refractivity contribution < 1.29 is 38.9 Å². The van der Waals surface area contributed by atoms with E-state index in [9.17, 15) is 5.11 Å². The number of aliphatic hydroxyl groups excluding tert-OH is 1. The molecule has 0 bridgehead atoms. The van der Waals surface area contributed by atoms with Crippen molar-refractivity contribution in [2.75, 3.05) is 0 Å². The minimum atomic E-state index is -4.94. The molecule has 0 radical (unpaired) electrons. The van der Waals surface area contributed by atoms with Gasteiger partial charge in [-0.05, 0) is 22.4 Å². The van der Waals surface area contributed by atoms with Crippen LogP contribution in [0.15, 0.2) is 78.8 Å². The smallest absolute Gasteiger partial charge is 0.298 e. The molecule has 0 fully saturated rings. The number of para-hydroxylation sites is 1. The van der Waals surface area contributed by atoms with E-state index in [-0.39, 0.29) is 0 Å². The van der Waals surface area contributed by atoms with E-state index in [2.05, 4.69) is 42.5 Å². The van der Waals surface area contributed by atoms with Crippen molar-refractivity contribution in [1.82, 2.24) is 0 Å². The zero-order valence-corrected chi connectivity index (χ0v) is 14.8. The molecule has 6 nitrogen and oxygen atoms in total. The second kappa shape index (κ2) is 7.89. The Kier molecular flexibility index (Phi) is 5.57. The third kappa shape index (κ3) is 4.93. The molecule has 3 aromatic rings. The second-order valence-electron chi connectivity index (χ2n) is 5.81. The van der Waals surface area contributed by atoms with Gasteiger partial charge in [-0.1, -0.05) is 54.6 Å². The summed E-state index contributed by atoms with van der Waals surface area (Å²) in [6.07, 6.45) is 5.89. The fourth-order valence-electron chi connectivity index (χ4n) is 2.98. The highest BCUT2D eigenvalue weighted by molar-refractivity contribution is 5.90. The Morgan fingerprint density at radius 2 is 1.44 bits per heavy atom. The van der Waals surface area contributed by atoms with Crippen LogP contribution in [-0.2, 0) is 0 Å². The molecule has 2 N–H and O–H groups in total. The van der Waals surface area contributed by atoms with Gasteiger partial charge >= 0.3 is 0 Å². The van der Waals surface area contributed by atoms with Crippen LogP contribution in [0.2, 0.25) is 0 Å². The zero-order chi connectivity index (χ0) is 19.4. The summed E-state index contributed by atoms with van der Waals surface area (Å²) < 4.78 is 34.0. The van der Waals surface area contributed by atoms with Crippen molar-refractivity contribution in [1.29, 1.82) is 0 Å². The van der Waals surface area contributed by atoms with Crippen LogP contribution in [-0.4, -0.2) is 5.11 Å². The van der Waals surface area contributed by atoms with Crippen LogP contribution in [0.3, 0.4) is 0 Å². The van der Waals surface area contributed by atoms with Crippen LogP contribution < -0.4 is 23.5 Å². The summed E-state index contributed by atoms with van der Waals surface area (Å²) in [4.78, 5) is 0.878. The molecular formula is C20H16ClNO5. The number of fused-ring (bicyclic) bond motifs is 2. The molecule has 1 unspecified atom stereocenters. The Balaban J connectivity index is 0.000000376. The summed E-state index contributed by atoms with van der Waals surface area (Å²) >= 11 is 0. The van der Waals surface area contributed by atoms with Gasteiger partial charge in [-0.3, -0.25) is 0 Å². The number of hydrogen-bond acceptors (Lipinski definition) is 5. The predicted octanol–water partition coefficient (Wildman–Crippen LogP) is -0.859. The average Bonchev–Trinajstić information content (AvgIpc) is 2.94. The van der Waals surface area contributed by atoms with Crippen molar-refractivity contribution in [2.45, 2.75) is 0 Å². The van der Waals surface area contributed by atoms with Gasteiger partial charge in [0.05, 0.1) is 6.08 Å². The Hall–Kier alpha value is -2.71. The van der Waals surface area contributed by atoms with E-state index in [0.717, 1.165) is 21.7 Å². The van der Waals surface area contributed by atoms with Gasteiger partial charge in [-0.2, -0.15) is 0 Å². The van der Waals surface area contributed by atoms with Crippen LogP contribution >= 0.6 is 0 Å². The van der Waals surface area contributed by atoms with Crippen LogP contribution in [0.25, 0.3) is 22.9 Å². The Labute approximate surface area is 157 Å². The lowest BCUT2D eigenvalue weighted by Gasteiger charge is -2.17. The number of nitrogens with one attached hydrogen (secondary N) is 1. The SMILES string of the molecule is OC1=Cc2ccccc2[NH+]1C=Cc1cccc2ccccc12.[O-][Cl+3]([O-])([O-])[O-]. The highest BCUT2D eigenvalue weighted by Gasteiger charge is 2.25. The minimum Gasteiger partial charge on any atom is -0.467 e. The maximum atomic E-state index is 10.2. The van der Waals surface area contributed by atoms with Crippen molar-refractivity contribution in [3.8, 4) is 0 Å². The fraction of sp³-hybridized carbons (Fsp3) is 0. The van der Waals surface area contributed by atoms with Gasteiger partial charge in [0.15, 0.2) is 5.69 Å². The fourth-order valence-corrected chi connectivity index (χ4v) is 2.98. The molecule has 0 aromatic heterocycles. The van der Waals surface area contributed by atoms with E-state index in [1.807, 2.05) is 42.6 Å². The Morgan fingerprint density at radius 3 is 2.22 bits per heavy atom. The number of rotatable bonds is 2. The van der Waals surface area contributed by atoms with Crippen molar-refractivity contribution in [3.63, 3.8) is 0 Å². The molecule has 1 aliphatic heterocycles. The second-order valence-corrected chi connectivity index (χ2v) is 6.57. The molecule has 0 amide bonds. The van der Waals surface area contributed by atoms with Gasteiger partial charge in [0.1, 0.15) is 6.20 Å². The lowest BCUT2D eigenvalue weighted by atomic mass is 10.0. The van der Waals surface area contributed by atoms with Gasteiger partial charge < -0.3 is 5.11 Å². The first-order valence-corrected chi connectivity index (χ1v) is 9.21. The molecule has 7 heteroatoms. The summed E-state index contributed by atoms with van der Waals surface area (Å²) in [6.45, 7) is 0. The molecule has 1 heterocycles. The molecule has 138 valence electrons. The van der Waals surface area contributed by atoms with Crippen LogP contribution in [0.1, 0.15) is 11.1 Å². The van der Waals surface area contributed by atoms with Gasteiger partial charge in [-0.15, -0.1) is 10.2 Å². The number of aliphatic hydroxyl groups is 1. The molecule has 1 atom stereocenters. The number of hydrogen-bond donors (Lipinski definition) is 2. The average molecular weight is 386 g/mol. The molecule has 0 spiro atoms. The summed E-state index contributed by atoms with van der Waals surface area (Å²) in [5.74, 6) is 0.331. The summed E-state index contributed by atoms with van der Waals surface area (Å²) in [6, 6.07) is 22.6. The largest absolute Gasteiger partial charge is 0.467 e. The van der Waals surface area contributed by atoms with E-state index in [0.29, 0.717) is 5.88 Å². The van der Waals surface area contributed by atoms with Gasteiger partial charge in [-0.25, -0.2) is 23.5 Å². The molecule has 1 aliphatic rings. The molecule has 4 rings (SSSR count). The molecule has 0 aliphatic carbocycles. The van der Waals surface area contributed by atoms with Crippen molar-refractivity contribution in [3.05, 3.63) is 89.9 Å². The van der Waals surface area contributed by atoms with E-state index in [1.54, 1.807) is 0 Å². The Bertz CT molecular complexity index is 999. The predicted molar refractivity (Wildman–Crippen MR) is 90.7 cm³/mol. The lowest BCUT2D eigenvalue weighted by molar-refractivity contribution is -2.00. The first-order chi connectivity index (χ1) is 12.8. The van der Waals surface area contributed by atoms with Gasteiger partial charge in [0.2, 0.25) is 0 Å². The van der Waals surface area contributed by atoms with E-state index < -0.39 is 10.2 Å². The highest BCUT2D eigenvalue weighted by atomic mass is 35.7. The quantitative estimate of drug-likeness (QED) is 0.595. The van der Waals surface area contributed by atoms with Crippen LogP contribution in [0.4, 0.5) is 5.69 Å². The first-order valence-electron chi connectivity index (χ1n) is 7.98. The topological polar surface area (TPSA) is 117 Å². The normalized spacial score (nSPS) is 16.0. The van der Waals surface area contributed by atoms with E-state index in [1.165, 1.54) is 10.8 Å². The number of quaternary nitrogens is 1. The molecule has 3 aromatic carbocycles. The van der Waals surface area contributed by atoms with Crippen molar-refractivity contribution >= 4 is 28.6 Å². The van der Waals surface area contributed by atoms with Gasteiger partial charge in [0, 0.05) is 17.7 Å². The zero-order valence-electron chi connectivity index (χ0n) is 14.0. The summed E-state index contributed by atoms with van der Waals surface area (Å²) in [5.41, 5.74) is 3.30. The summed E-state index contributed by atoms with van der Waals surface area (Å²) in [7, 11) is -4.94. The third-order valence-corrected chi connectivity index (χ3v) is 4.07. The Morgan fingerprint density at radius 1 is 0.815 bits per heavy atom.